The maximum atomic E-state index is 6.33. The van der Waals surface area contributed by atoms with Crippen LogP contribution in [0.25, 0.3) is 0 Å². The van der Waals surface area contributed by atoms with E-state index in [1.54, 1.807) is 11.8 Å². The Kier molecular flexibility index (Phi) is 6.29. The standard InChI is InChI=1S/C18H26N4OS/c1-2-7-16(19)17-20-21-18(22(17)12-15-10-6-11-23-15)24-13-14-8-4-3-5-9-14/h3-5,8-9,15-16H,2,6-7,10-13,19H2,1H3. The van der Waals surface area contributed by atoms with E-state index in [2.05, 4.69) is 46.0 Å². The lowest BCUT2D eigenvalue weighted by Crippen LogP contribution is -2.22. The first-order chi connectivity index (χ1) is 11.8. The second-order valence-electron chi connectivity index (χ2n) is 6.26. The van der Waals surface area contributed by atoms with Crippen molar-refractivity contribution in [2.24, 2.45) is 5.73 Å². The lowest BCUT2D eigenvalue weighted by atomic mass is 10.1. The molecule has 1 aliphatic rings. The van der Waals surface area contributed by atoms with E-state index in [4.69, 9.17) is 10.5 Å². The molecule has 0 saturated carbocycles. The van der Waals surface area contributed by atoms with Gasteiger partial charge >= 0.3 is 0 Å². The molecule has 2 heterocycles. The predicted molar refractivity (Wildman–Crippen MR) is 96.8 cm³/mol. The van der Waals surface area contributed by atoms with Gasteiger partial charge in [-0.1, -0.05) is 55.4 Å². The third kappa shape index (κ3) is 4.37. The summed E-state index contributed by atoms with van der Waals surface area (Å²) in [5.74, 6) is 1.77. The SMILES string of the molecule is CCCC(N)c1nnc(SCc2ccccc2)n1CC1CCCO1. The average molecular weight is 347 g/mol. The fraction of sp³-hybridized carbons (Fsp3) is 0.556. The summed E-state index contributed by atoms with van der Waals surface area (Å²) in [5, 5.41) is 9.76. The molecule has 1 fully saturated rings. The number of hydrogen-bond donors (Lipinski definition) is 1. The Balaban J connectivity index is 1.76. The van der Waals surface area contributed by atoms with Crippen LogP contribution in [-0.4, -0.2) is 27.5 Å². The summed E-state index contributed by atoms with van der Waals surface area (Å²) < 4.78 is 8.00. The number of ether oxygens (including phenoxy) is 1. The summed E-state index contributed by atoms with van der Waals surface area (Å²) in [6, 6.07) is 10.4. The highest BCUT2D eigenvalue weighted by molar-refractivity contribution is 7.98. The van der Waals surface area contributed by atoms with Gasteiger partial charge in [-0.15, -0.1) is 10.2 Å². The second-order valence-corrected chi connectivity index (χ2v) is 7.20. The van der Waals surface area contributed by atoms with E-state index in [1.807, 2.05) is 6.07 Å². The smallest absolute Gasteiger partial charge is 0.191 e. The highest BCUT2D eigenvalue weighted by atomic mass is 32.2. The summed E-state index contributed by atoms with van der Waals surface area (Å²) in [4.78, 5) is 0. The van der Waals surface area contributed by atoms with Gasteiger partial charge in [-0.2, -0.15) is 0 Å². The minimum atomic E-state index is -0.0602. The van der Waals surface area contributed by atoms with Gasteiger partial charge in [-0.25, -0.2) is 0 Å². The Morgan fingerprint density at radius 1 is 1.33 bits per heavy atom. The van der Waals surface area contributed by atoms with Crippen LogP contribution >= 0.6 is 11.8 Å². The van der Waals surface area contributed by atoms with E-state index in [0.29, 0.717) is 0 Å². The quantitative estimate of drug-likeness (QED) is 0.741. The van der Waals surface area contributed by atoms with Crippen molar-refractivity contribution in [1.29, 1.82) is 0 Å². The molecule has 5 nitrogen and oxygen atoms in total. The maximum Gasteiger partial charge on any atom is 0.191 e. The number of aromatic nitrogens is 3. The maximum absolute atomic E-state index is 6.33. The van der Waals surface area contributed by atoms with Crippen molar-refractivity contribution in [3.63, 3.8) is 0 Å². The lowest BCUT2D eigenvalue weighted by Gasteiger charge is -2.17. The van der Waals surface area contributed by atoms with E-state index in [1.165, 1.54) is 5.56 Å². The minimum Gasteiger partial charge on any atom is -0.376 e. The van der Waals surface area contributed by atoms with Crippen molar-refractivity contribution in [1.82, 2.24) is 14.8 Å². The molecule has 2 N–H and O–H groups in total. The highest BCUT2D eigenvalue weighted by Gasteiger charge is 2.23. The molecule has 2 unspecified atom stereocenters. The Morgan fingerprint density at radius 2 is 2.17 bits per heavy atom. The van der Waals surface area contributed by atoms with Crippen LogP contribution in [0, 0.1) is 0 Å². The number of nitrogens with two attached hydrogens (primary N) is 1. The summed E-state index contributed by atoms with van der Waals surface area (Å²) in [6.07, 6.45) is 4.46. The van der Waals surface area contributed by atoms with E-state index < -0.39 is 0 Å². The zero-order valence-electron chi connectivity index (χ0n) is 14.2. The largest absolute Gasteiger partial charge is 0.376 e. The zero-order valence-corrected chi connectivity index (χ0v) is 15.0. The van der Waals surface area contributed by atoms with Crippen molar-refractivity contribution in [3.8, 4) is 0 Å². The zero-order chi connectivity index (χ0) is 16.8. The summed E-state index contributed by atoms with van der Waals surface area (Å²) in [7, 11) is 0. The molecule has 130 valence electrons. The number of thioether (sulfide) groups is 1. The summed E-state index contributed by atoms with van der Waals surface area (Å²) >= 11 is 1.72. The number of nitrogens with zero attached hydrogens (tertiary/aromatic N) is 3. The average Bonchev–Trinajstić information content (AvgIpc) is 3.25. The molecule has 1 aromatic carbocycles. The fourth-order valence-corrected chi connectivity index (χ4v) is 3.92. The molecule has 6 heteroatoms. The Morgan fingerprint density at radius 3 is 2.88 bits per heavy atom. The Hall–Kier alpha value is -1.37. The third-order valence-corrected chi connectivity index (χ3v) is 5.34. The number of rotatable bonds is 8. The topological polar surface area (TPSA) is 66.0 Å². The number of hydrogen-bond acceptors (Lipinski definition) is 5. The Bertz CT molecular complexity index is 625. The van der Waals surface area contributed by atoms with E-state index in [-0.39, 0.29) is 12.1 Å². The van der Waals surface area contributed by atoms with Gasteiger partial charge < -0.3 is 15.0 Å². The predicted octanol–water partition coefficient (Wildman–Crippen LogP) is 3.55. The fourth-order valence-electron chi connectivity index (χ4n) is 3.01. The molecular formula is C18H26N4OS. The van der Waals surface area contributed by atoms with Crippen LogP contribution in [0.3, 0.4) is 0 Å². The van der Waals surface area contributed by atoms with Gasteiger partial charge in [-0.05, 0) is 24.8 Å². The van der Waals surface area contributed by atoms with Crippen LogP contribution in [0.5, 0.6) is 0 Å². The molecule has 0 amide bonds. The third-order valence-electron chi connectivity index (χ3n) is 4.30. The van der Waals surface area contributed by atoms with Crippen LogP contribution in [0.1, 0.15) is 50.0 Å². The normalized spacial score (nSPS) is 18.8. The van der Waals surface area contributed by atoms with Gasteiger partial charge in [0.15, 0.2) is 11.0 Å². The first-order valence-electron chi connectivity index (χ1n) is 8.75. The first-order valence-corrected chi connectivity index (χ1v) is 9.73. The molecule has 1 aliphatic heterocycles. The van der Waals surface area contributed by atoms with Gasteiger partial charge in [0.2, 0.25) is 0 Å². The van der Waals surface area contributed by atoms with Crippen molar-refractivity contribution >= 4 is 11.8 Å². The molecule has 1 aromatic heterocycles. The van der Waals surface area contributed by atoms with Crippen LogP contribution in [0.4, 0.5) is 0 Å². The van der Waals surface area contributed by atoms with Gasteiger partial charge in [0.25, 0.3) is 0 Å². The van der Waals surface area contributed by atoms with Crippen LogP contribution < -0.4 is 5.73 Å². The monoisotopic (exact) mass is 346 g/mol. The molecule has 2 aromatic rings. The summed E-state index contributed by atoms with van der Waals surface area (Å²) in [6.45, 7) is 3.80. The molecule has 2 atom stereocenters. The van der Waals surface area contributed by atoms with E-state index >= 15 is 0 Å². The van der Waals surface area contributed by atoms with E-state index in [9.17, 15) is 0 Å². The van der Waals surface area contributed by atoms with Crippen LogP contribution in [0.15, 0.2) is 35.5 Å². The molecule has 0 radical (unpaired) electrons. The van der Waals surface area contributed by atoms with Crippen molar-refractivity contribution in [2.75, 3.05) is 6.61 Å². The van der Waals surface area contributed by atoms with Gasteiger partial charge in [-0.3, -0.25) is 0 Å². The van der Waals surface area contributed by atoms with Gasteiger partial charge in [0, 0.05) is 12.4 Å². The Labute approximate surface area is 148 Å². The lowest BCUT2D eigenvalue weighted by molar-refractivity contribution is 0.0938. The summed E-state index contributed by atoms with van der Waals surface area (Å²) in [5.41, 5.74) is 7.61. The van der Waals surface area contributed by atoms with Crippen molar-refractivity contribution in [3.05, 3.63) is 41.7 Å². The van der Waals surface area contributed by atoms with E-state index in [0.717, 1.165) is 55.6 Å². The molecule has 1 saturated heterocycles. The second kappa shape index (κ2) is 8.65. The molecule has 3 rings (SSSR count). The highest BCUT2D eigenvalue weighted by Crippen LogP contribution is 2.26. The molecule has 24 heavy (non-hydrogen) atoms. The van der Waals surface area contributed by atoms with Crippen LogP contribution in [0.2, 0.25) is 0 Å². The van der Waals surface area contributed by atoms with Crippen molar-refractivity contribution in [2.45, 2.75) is 62.2 Å². The molecular weight excluding hydrogens is 320 g/mol. The minimum absolute atomic E-state index is 0.0602. The number of benzene rings is 1. The van der Waals surface area contributed by atoms with Crippen molar-refractivity contribution < 1.29 is 4.74 Å². The van der Waals surface area contributed by atoms with Gasteiger partial charge in [0.1, 0.15) is 0 Å². The molecule has 0 aliphatic carbocycles. The first kappa shape index (κ1) is 17.5. The van der Waals surface area contributed by atoms with Crippen LogP contribution in [-0.2, 0) is 17.0 Å². The van der Waals surface area contributed by atoms with Gasteiger partial charge in [0.05, 0.1) is 18.7 Å². The molecule has 0 bridgehead atoms. The molecule has 0 spiro atoms.